The van der Waals surface area contributed by atoms with Gasteiger partial charge in [-0.15, -0.1) is 6.58 Å². The first-order chi connectivity index (χ1) is 12.0. The number of halogens is 1. The standard InChI is InChI=1S/C18H17ClN4O2/c1-3-8-20-17(24)15-10-21-23-16(15)22-11(2)14(18(23)25)9-12-4-6-13(19)7-5-12/h3-7,10,25H,1,8-9H2,2H3,(H,20,24). The molecule has 0 aliphatic carbocycles. The number of hydrogen-bond acceptors (Lipinski definition) is 4. The van der Waals surface area contributed by atoms with Crippen LogP contribution < -0.4 is 5.32 Å². The van der Waals surface area contributed by atoms with Gasteiger partial charge in [0, 0.05) is 29.2 Å². The zero-order valence-corrected chi connectivity index (χ0v) is 14.4. The Morgan fingerprint density at radius 3 is 2.80 bits per heavy atom. The molecular weight excluding hydrogens is 340 g/mol. The zero-order chi connectivity index (χ0) is 18.0. The number of aromatic hydroxyl groups is 1. The van der Waals surface area contributed by atoms with Crippen molar-refractivity contribution < 1.29 is 9.90 Å². The summed E-state index contributed by atoms with van der Waals surface area (Å²) >= 11 is 5.90. The first-order valence-corrected chi connectivity index (χ1v) is 8.08. The molecule has 0 bridgehead atoms. The third-order valence-corrected chi connectivity index (χ3v) is 4.12. The van der Waals surface area contributed by atoms with E-state index < -0.39 is 0 Å². The third-order valence-electron chi connectivity index (χ3n) is 3.87. The zero-order valence-electron chi connectivity index (χ0n) is 13.7. The lowest BCUT2D eigenvalue weighted by molar-refractivity contribution is 0.0959. The van der Waals surface area contributed by atoms with E-state index in [1.54, 1.807) is 25.1 Å². The number of carbonyl (C=O) groups excluding carboxylic acids is 1. The minimum Gasteiger partial charge on any atom is -0.493 e. The average Bonchev–Trinajstić information content (AvgIpc) is 3.02. The quantitative estimate of drug-likeness (QED) is 0.689. The summed E-state index contributed by atoms with van der Waals surface area (Å²) in [7, 11) is 0. The molecule has 0 spiro atoms. The van der Waals surface area contributed by atoms with Crippen LogP contribution >= 0.6 is 11.6 Å². The molecule has 25 heavy (non-hydrogen) atoms. The van der Waals surface area contributed by atoms with Crippen LogP contribution in [0.5, 0.6) is 5.88 Å². The first kappa shape index (κ1) is 17.0. The van der Waals surface area contributed by atoms with Crippen LogP contribution in [0.15, 0.2) is 43.1 Å². The van der Waals surface area contributed by atoms with Gasteiger partial charge in [-0.3, -0.25) is 4.79 Å². The summed E-state index contributed by atoms with van der Waals surface area (Å²) in [4.78, 5) is 16.6. The molecule has 0 saturated carbocycles. The van der Waals surface area contributed by atoms with Crippen LogP contribution in [-0.2, 0) is 6.42 Å². The average molecular weight is 357 g/mol. The molecule has 2 aromatic heterocycles. The summed E-state index contributed by atoms with van der Waals surface area (Å²) in [6.07, 6.45) is 3.46. The van der Waals surface area contributed by atoms with Crippen molar-refractivity contribution in [2.75, 3.05) is 6.54 Å². The van der Waals surface area contributed by atoms with Crippen LogP contribution in [0.1, 0.15) is 27.2 Å². The van der Waals surface area contributed by atoms with Crippen LogP contribution in [0.4, 0.5) is 0 Å². The van der Waals surface area contributed by atoms with Crippen LogP contribution in [0, 0.1) is 6.92 Å². The van der Waals surface area contributed by atoms with Crippen LogP contribution in [-0.4, -0.2) is 32.2 Å². The fourth-order valence-corrected chi connectivity index (χ4v) is 2.68. The highest BCUT2D eigenvalue weighted by Gasteiger charge is 2.19. The largest absolute Gasteiger partial charge is 0.493 e. The van der Waals surface area contributed by atoms with E-state index in [0.29, 0.717) is 40.5 Å². The molecule has 2 N–H and O–H groups in total. The Balaban J connectivity index is 2.00. The number of rotatable bonds is 5. The van der Waals surface area contributed by atoms with Crippen LogP contribution in [0.2, 0.25) is 5.02 Å². The molecule has 0 fully saturated rings. The van der Waals surface area contributed by atoms with E-state index in [-0.39, 0.29) is 11.8 Å². The van der Waals surface area contributed by atoms with E-state index in [1.165, 1.54) is 10.7 Å². The number of carbonyl (C=O) groups is 1. The van der Waals surface area contributed by atoms with Gasteiger partial charge < -0.3 is 10.4 Å². The van der Waals surface area contributed by atoms with Crippen LogP contribution in [0.3, 0.4) is 0 Å². The van der Waals surface area contributed by atoms with E-state index in [2.05, 4.69) is 22.0 Å². The predicted octanol–water partition coefficient (Wildman–Crippen LogP) is 2.90. The molecule has 0 unspecified atom stereocenters. The maximum atomic E-state index is 12.2. The first-order valence-electron chi connectivity index (χ1n) is 7.71. The molecule has 1 amide bonds. The molecule has 6 nitrogen and oxygen atoms in total. The lowest BCUT2D eigenvalue weighted by Gasteiger charge is -2.10. The Kier molecular flexibility index (Phi) is 4.72. The van der Waals surface area contributed by atoms with Crippen molar-refractivity contribution >= 4 is 23.2 Å². The molecule has 3 aromatic rings. The molecule has 3 rings (SSSR count). The maximum absolute atomic E-state index is 12.2. The molecule has 128 valence electrons. The van der Waals surface area contributed by atoms with Gasteiger partial charge in [0.2, 0.25) is 5.88 Å². The Bertz CT molecular complexity index is 948. The van der Waals surface area contributed by atoms with Gasteiger partial charge in [-0.2, -0.15) is 9.61 Å². The summed E-state index contributed by atoms with van der Waals surface area (Å²) in [6, 6.07) is 7.38. The number of aryl methyl sites for hydroxylation is 1. The Morgan fingerprint density at radius 2 is 2.12 bits per heavy atom. The smallest absolute Gasteiger partial charge is 0.257 e. The van der Waals surface area contributed by atoms with E-state index in [0.717, 1.165) is 5.56 Å². The fourth-order valence-electron chi connectivity index (χ4n) is 2.55. The molecule has 0 atom stereocenters. The van der Waals surface area contributed by atoms with Gasteiger partial charge in [-0.25, -0.2) is 4.98 Å². The highest BCUT2D eigenvalue weighted by atomic mass is 35.5. The minimum atomic E-state index is -0.313. The lowest BCUT2D eigenvalue weighted by atomic mass is 10.0. The Labute approximate surface area is 149 Å². The van der Waals surface area contributed by atoms with Crippen molar-refractivity contribution in [1.29, 1.82) is 0 Å². The van der Waals surface area contributed by atoms with Gasteiger partial charge in [0.25, 0.3) is 5.91 Å². The Morgan fingerprint density at radius 1 is 1.40 bits per heavy atom. The number of nitrogens with zero attached hydrogens (tertiary/aromatic N) is 3. The monoisotopic (exact) mass is 356 g/mol. The molecular formula is C18H17ClN4O2. The molecule has 7 heteroatoms. The predicted molar refractivity (Wildman–Crippen MR) is 96.2 cm³/mol. The number of aromatic nitrogens is 3. The molecule has 0 aliphatic heterocycles. The third kappa shape index (κ3) is 3.34. The molecule has 0 radical (unpaired) electrons. The molecule has 1 aromatic carbocycles. The lowest BCUT2D eigenvalue weighted by Crippen LogP contribution is -2.23. The van der Waals surface area contributed by atoms with Gasteiger partial charge in [-0.1, -0.05) is 29.8 Å². The summed E-state index contributed by atoms with van der Waals surface area (Å²) < 4.78 is 1.28. The summed E-state index contributed by atoms with van der Waals surface area (Å²) in [5.74, 6) is -0.341. The number of hydrogen-bond donors (Lipinski definition) is 2. The van der Waals surface area contributed by atoms with E-state index in [9.17, 15) is 9.90 Å². The van der Waals surface area contributed by atoms with Crippen molar-refractivity contribution in [2.45, 2.75) is 13.3 Å². The van der Waals surface area contributed by atoms with E-state index in [4.69, 9.17) is 11.6 Å². The Hall–Kier alpha value is -2.86. The van der Waals surface area contributed by atoms with Crippen molar-refractivity contribution in [3.05, 3.63) is 70.5 Å². The van der Waals surface area contributed by atoms with Gasteiger partial charge >= 0.3 is 0 Å². The van der Waals surface area contributed by atoms with Crippen molar-refractivity contribution in [2.24, 2.45) is 0 Å². The van der Waals surface area contributed by atoms with Gasteiger partial charge in [-0.05, 0) is 24.6 Å². The van der Waals surface area contributed by atoms with Crippen LogP contribution in [0.25, 0.3) is 5.65 Å². The maximum Gasteiger partial charge on any atom is 0.257 e. The van der Waals surface area contributed by atoms with Crippen molar-refractivity contribution in [3.63, 3.8) is 0 Å². The van der Waals surface area contributed by atoms with Crippen molar-refractivity contribution in [1.82, 2.24) is 19.9 Å². The van der Waals surface area contributed by atoms with E-state index >= 15 is 0 Å². The number of fused-ring (bicyclic) bond motifs is 1. The van der Waals surface area contributed by atoms with Crippen molar-refractivity contribution in [3.8, 4) is 5.88 Å². The summed E-state index contributed by atoms with van der Waals surface area (Å²) in [5.41, 5.74) is 2.89. The molecule has 2 heterocycles. The summed E-state index contributed by atoms with van der Waals surface area (Å²) in [6.45, 7) is 5.70. The summed E-state index contributed by atoms with van der Waals surface area (Å²) in [5, 5.41) is 18.0. The van der Waals surface area contributed by atoms with E-state index in [1.807, 2.05) is 12.1 Å². The second-order valence-electron chi connectivity index (χ2n) is 5.59. The second kappa shape index (κ2) is 6.94. The fraction of sp³-hybridized carbons (Fsp3) is 0.167. The van der Waals surface area contributed by atoms with Gasteiger partial charge in [0.1, 0.15) is 5.56 Å². The normalized spacial score (nSPS) is 10.8. The van der Waals surface area contributed by atoms with Gasteiger partial charge in [0.15, 0.2) is 5.65 Å². The topological polar surface area (TPSA) is 79.5 Å². The molecule has 0 aliphatic rings. The number of amides is 1. The van der Waals surface area contributed by atoms with Gasteiger partial charge in [0.05, 0.1) is 6.20 Å². The second-order valence-corrected chi connectivity index (χ2v) is 6.03. The minimum absolute atomic E-state index is 0.0276. The molecule has 0 saturated heterocycles. The highest BCUT2D eigenvalue weighted by molar-refractivity contribution is 6.30. The number of benzene rings is 1. The number of nitrogens with one attached hydrogen (secondary N) is 1. The highest BCUT2D eigenvalue weighted by Crippen LogP contribution is 2.26. The SMILES string of the molecule is C=CCNC(=O)c1cnn2c(O)c(Cc3ccc(Cl)cc3)c(C)nc12.